The van der Waals surface area contributed by atoms with Crippen molar-refractivity contribution < 1.29 is 22.0 Å². The summed E-state index contributed by atoms with van der Waals surface area (Å²) < 4.78 is 52.2. The van der Waals surface area contributed by atoms with Gasteiger partial charge < -0.3 is 10.2 Å². The molecule has 26 heavy (non-hydrogen) atoms. The molecule has 0 aliphatic carbocycles. The molecule has 0 saturated carbocycles. The van der Waals surface area contributed by atoms with Crippen molar-refractivity contribution in [1.29, 1.82) is 0 Å². The molecule has 0 aromatic heterocycles. The van der Waals surface area contributed by atoms with Gasteiger partial charge in [0, 0.05) is 25.5 Å². The van der Waals surface area contributed by atoms with Gasteiger partial charge in [0.25, 0.3) is 0 Å². The van der Waals surface area contributed by atoms with Crippen molar-refractivity contribution in [2.24, 2.45) is 0 Å². The third-order valence-electron chi connectivity index (χ3n) is 3.54. The van der Waals surface area contributed by atoms with E-state index < -0.39 is 39.8 Å². The molecule has 0 heterocycles. The summed E-state index contributed by atoms with van der Waals surface area (Å²) in [7, 11) is -0.359. The lowest BCUT2D eigenvalue weighted by Crippen LogP contribution is -2.38. The van der Waals surface area contributed by atoms with Crippen molar-refractivity contribution in [2.45, 2.75) is 0 Å². The van der Waals surface area contributed by atoms with Crippen LogP contribution in [0.1, 0.15) is 0 Å². The molecule has 0 fully saturated rings. The van der Waals surface area contributed by atoms with Crippen molar-refractivity contribution in [2.75, 3.05) is 41.4 Å². The second-order valence-electron chi connectivity index (χ2n) is 5.83. The highest BCUT2D eigenvalue weighted by Gasteiger charge is 2.26. The summed E-state index contributed by atoms with van der Waals surface area (Å²) in [6.45, 7) is -0.758. The van der Waals surface area contributed by atoms with E-state index in [0.717, 1.165) is 30.1 Å². The number of rotatable bonds is 6. The van der Waals surface area contributed by atoms with Gasteiger partial charge in [0.1, 0.15) is 12.2 Å². The Morgan fingerprint density at radius 2 is 1.58 bits per heavy atom. The van der Waals surface area contributed by atoms with E-state index in [-0.39, 0.29) is 0 Å². The molecular formula is C17H19F2N3O3S. The monoisotopic (exact) mass is 383 g/mol. The summed E-state index contributed by atoms with van der Waals surface area (Å²) in [5.41, 5.74) is 0.561. The number of amides is 1. The van der Waals surface area contributed by atoms with Gasteiger partial charge in [-0.3, -0.25) is 9.10 Å². The van der Waals surface area contributed by atoms with Crippen LogP contribution in [0.2, 0.25) is 0 Å². The van der Waals surface area contributed by atoms with E-state index >= 15 is 0 Å². The largest absolute Gasteiger partial charge is 0.378 e. The maximum Gasteiger partial charge on any atom is 0.245 e. The average molecular weight is 383 g/mol. The van der Waals surface area contributed by atoms with Crippen molar-refractivity contribution in [3.63, 3.8) is 0 Å². The Labute approximate surface area is 151 Å². The number of carbonyl (C=O) groups excluding carboxylic acids is 1. The number of sulfonamides is 1. The van der Waals surface area contributed by atoms with E-state index in [0.29, 0.717) is 9.99 Å². The number of para-hydroxylation sites is 1. The molecule has 0 saturated heterocycles. The Morgan fingerprint density at radius 3 is 2.04 bits per heavy atom. The van der Waals surface area contributed by atoms with Gasteiger partial charge in [-0.05, 0) is 36.4 Å². The molecule has 6 nitrogen and oxygen atoms in total. The van der Waals surface area contributed by atoms with Crippen molar-refractivity contribution in [3.05, 3.63) is 54.1 Å². The van der Waals surface area contributed by atoms with E-state index in [1.807, 2.05) is 19.0 Å². The molecule has 2 aromatic carbocycles. The summed E-state index contributed by atoms with van der Waals surface area (Å²) >= 11 is 0. The molecule has 0 aliphatic heterocycles. The Hall–Kier alpha value is -2.68. The van der Waals surface area contributed by atoms with Crippen molar-refractivity contribution in [3.8, 4) is 0 Å². The second-order valence-corrected chi connectivity index (χ2v) is 7.74. The molecule has 0 bridgehead atoms. The van der Waals surface area contributed by atoms with Crippen LogP contribution in [-0.4, -0.2) is 41.2 Å². The fourth-order valence-electron chi connectivity index (χ4n) is 2.26. The first kappa shape index (κ1) is 19.6. The topological polar surface area (TPSA) is 69.7 Å². The minimum Gasteiger partial charge on any atom is -0.378 e. The Morgan fingerprint density at radius 1 is 1.04 bits per heavy atom. The Kier molecular flexibility index (Phi) is 5.81. The third-order valence-corrected chi connectivity index (χ3v) is 4.65. The predicted octanol–water partition coefficient (Wildman–Crippen LogP) is 2.44. The molecular weight excluding hydrogens is 364 g/mol. The molecule has 2 aromatic rings. The van der Waals surface area contributed by atoms with Gasteiger partial charge in [-0.1, -0.05) is 6.07 Å². The van der Waals surface area contributed by atoms with Gasteiger partial charge in [-0.2, -0.15) is 0 Å². The minimum absolute atomic E-state index is 0.404. The average Bonchev–Trinajstić information content (AvgIpc) is 2.53. The standard InChI is InChI=1S/C17H19F2N3O3S/c1-21(2)13-9-7-12(8-10-13)20-16(23)11-22(26(3,24)25)17-14(18)5-4-6-15(17)19/h4-10H,11H2,1-3H3,(H,20,23). The van der Waals surface area contributed by atoms with Crippen LogP contribution in [0.4, 0.5) is 25.8 Å². The van der Waals surface area contributed by atoms with E-state index in [1.54, 1.807) is 24.3 Å². The van der Waals surface area contributed by atoms with Crippen LogP contribution in [0.3, 0.4) is 0 Å². The summed E-state index contributed by atoms with van der Waals surface area (Å²) in [4.78, 5) is 14.1. The molecule has 0 aliphatic rings. The molecule has 0 unspecified atom stereocenters. The lowest BCUT2D eigenvalue weighted by atomic mass is 10.2. The van der Waals surface area contributed by atoms with E-state index in [9.17, 15) is 22.0 Å². The fourth-order valence-corrected chi connectivity index (χ4v) is 3.12. The lowest BCUT2D eigenvalue weighted by Gasteiger charge is -2.22. The molecule has 1 N–H and O–H groups in total. The molecule has 0 atom stereocenters. The highest BCUT2D eigenvalue weighted by atomic mass is 32.2. The normalized spacial score (nSPS) is 11.1. The number of anilines is 3. The van der Waals surface area contributed by atoms with Crippen LogP contribution >= 0.6 is 0 Å². The zero-order valence-corrected chi connectivity index (χ0v) is 15.3. The first-order valence-corrected chi connectivity index (χ1v) is 9.43. The first-order chi connectivity index (χ1) is 12.1. The maximum atomic E-state index is 13.9. The van der Waals surface area contributed by atoms with Gasteiger partial charge in [0.15, 0.2) is 11.6 Å². The highest BCUT2D eigenvalue weighted by molar-refractivity contribution is 7.92. The van der Waals surface area contributed by atoms with Crippen LogP contribution in [-0.2, 0) is 14.8 Å². The number of hydrogen-bond acceptors (Lipinski definition) is 4. The maximum absolute atomic E-state index is 13.9. The fraction of sp³-hybridized carbons (Fsp3) is 0.235. The van der Waals surface area contributed by atoms with Crippen LogP contribution in [0.15, 0.2) is 42.5 Å². The second kappa shape index (κ2) is 7.69. The van der Waals surface area contributed by atoms with Gasteiger partial charge >= 0.3 is 0 Å². The summed E-state index contributed by atoms with van der Waals surface area (Å²) in [5, 5.41) is 2.51. The van der Waals surface area contributed by atoms with E-state index in [2.05, 4.69) is 5.32 Å². The molecule has 1 amide bonds. The minimum atomic E-state index is -4.08. The molecule has 140 valence electrons. The zero-order valence-electron chi connectivity index (χ0n) is 14.5. The van der Waals surface area contributed by atoms with Crippen LogP contribution < -0.4 is 14.5 Å². The highest BCUT2D eigenvalue weighted by Crippen LogP contribution is 2.25. The van der Waals surface area contributed by atoms with Gasteiger partial charge in [0.2, 0.25) is 15.9 Å². The Balaban J connectivity index is 2.23. The van der Waals surface area contributed by atoms with Crippen LogP contribution in [0, 0.1) is 11.6 Å². The molecule has 2 rings (SSSR count). The lowest BCUT2D eigenvalue weighted by molar-refractivity contribution is -0.114. The number of hydrogen-bond donors (Lipinski definition) is 1. The Bertz CT molecular complexity index is 880. The number of nitrogens with zero attached hydrogens (tertiary/aromatic N) is 2. The smallest absolute Gasteiger partial charge is 0.245 e. The summed E-state index contributed by atoms with van der Waals surface area (Å²) in [6.07, 6.45) is 0.776. The quantitative estimate of drug-likeness (QED) is 0.832. The van der Waals surface area contributed by atoms with Gasteiger partial charge in [-0.25, -0.2) is 17.2 Å². The molecule has 0 spiro atoms. The first-order valence-electron chi connectivity index (χ1n) is 7.58. The summed E-state index contributed by atoms with van der Waals surface area (Å²) in [5.74, 6) is -2.87. The predicted molar refractivity (Wildman–Crippen MR) is 97.9 cm³/mol. The summed E-state index contributed by atoms with van der Waals surface area (Å²) in [6, 6.07) is 9.77. The van der Waals surface area contributed by atoms with E-state index in [4.69, 9.17) is 0 Å². The zero-order chi connectivity index (χ0) is 19.5. The van der Waals surface area contributed by atoms with Gasteiger partial charge in [0.05, 0.1) is 6.26 Å². The van der Waals surface area contributed by atoms with Crippen molar-refractivity contribution >= 4 is 33.0 Å². The molecule has 9 heteroatoms. The van der Waals surface area contributed by atoms with Crippen LogP contribution in [0.5, 0.6) is 0 Å². The van der Waals surface area contributed by atoms with Gasteiger partial charge in [-0.15, -0.1) is 0 Å². The van der Waals surface area contributed by atoms with Crippen LogP contribution in [0.25, 0.3) is 0 Å². The number of benzene rings is 2. The molecule has 0 radical (unpaired) electrons. The third kappa shape index (κ3) is 4.69. The van der Waals surface area contributed by atoms with E-state index in [1.165, 1.54) is 0 Å². The number of halogens is 2. The number of carbonyl (C=O) groups is 1. The van der Waals surface area contributed by atoms with Crippen molar-refractivity contribution in [1.82, 2.24) is 0 Å². The number of nitrogens with one attached hydrogen (secondary N) is 1. The SMILES string of the molecule is CN(C)c1ccc(NC(=O)CN(c2c(F)cccc2F)S(C)(=O)=O)cc1.